The topological polar surface area (TPSA) is 63.1 Å². The molecule has 0 radical (unpaired) electrons. The largest absolute Gasteiger partial charge is 0.313 e. The van der Waals surface area contributed by atoms with E-state index in [0.717, 1.165) is 38.1 Å². The number of rotatable bonds is 15. The molecule has 0 bridgehead atoms. The number of piperidine rings is 2. The molecule has 222 valence electrons. The third-order valence-electron chi connectivity index (χ3n) is 8.99. The third-order valence-corrected chi connectivity index (χ3v) is 8.99. The fourth-order valence-electron chi connectivity index (χ4n) is 7.89. The Morgan fingerprint density at radius 1 is 0.816 bits per heavy atom. The van der Waals surface area contributed by atoms with Crippen molar-refractivity contribution in [2.75, 3.05) is 19.6 Å². The average molecular weight is 532 g/mol. The molecule has 0 aromatic carbocycles. The lowest BCUT2D eigenvalue weighted by Gasteiger charge is -2.50. The Morgan fingerprint density at radius 2 is 1.37 bits per heavy atom. The van der Waals surface area contributed by atoms with E-state index in [0.29, 0.717) is 12.1 Å². The predicted octanol–water partition coefficient (Wildman–Crippen LogP) is 7.02. The molecule has 0 spiro atoms. The van der Waals surface area contributed by atoms with Crippen LogP contribution in [-0.4, -0.2) is 58.8 Å². The van der Waals surface area contributed by atoms with Crippen molar-refractivity contribution in [3.8, 4) is 6.07 Å². The highest BCUT2D eigenvalue weighted by molar-refractivity contribution is 5.01. The van der Waals surface area contributed by atoms with Crippen LogP contribution < -0.4 is 16.0 Å². The van der Waals surface area contributed by atoms with Crippen molar-refractivity contribution in [1.82, 2.24) is 20.9 Å². The molecule has 5 heteroatoms. The van der Waals surface area contributed by atoms with Crippen molar-refractivity contribution in [1.29, 1.82) is 5.26 Å². The highest BCUT2D eigenvalue weighted by Gasteiger charge is 2.40. The van der Waals surface area contributed by atoms with Gasteiger partial charge in [-0.2, -0.15) is 5.26 Å². The number of hydrogen-bond donors (Lipinski definition) is 3. The van der Waals surface area contributed by atoms with Crippen LogP contribution in [0, 0.1) is 23.2 Å². The predicted molar refractivity (Wildman–Crippen MR) is 164 cm³/mol. The van der Waals surface area contributed by atoms with E-state index in [1.54, 1.807) is 0 Å². The number of nitrogens with zero attached hydrogens (tertiary/aromatic N) is 2. The minimum absolute atomic E-state index is 0.106. The first-order valence-electron chi connectivity index (χ1n) is 16.0. The van der Waals surface area contributed by atoms with Gasteiger partial charge < -0.3 is 16.0 Å². The van der Waals surface area contributed by atoms with Crippen molar-refractivity contribution >= 4 is 0 Å². The quantitative estimate of drug-likeness (QED) is 0.198. The van der Waals surface area contributed by atoms with Gasteiger partial charge >= 0.3 is 0 Å². The standard InChI is InChI=1S/C33H65N5/c1-11-13-16-26(12-2)25-38(29-21-32(7,8)37-33(9,10)22-29)18-15-14-17-27(23-34)24-35-28-19-30(3,4)36-31(5,6)20-28/h26-29,35-37H,11-22,24-25H2,1-10H3. The van der Waals surface area contributed by atoms with Crippen molar-refractivity contribution in [3.63, 3.8) is 0 Å². The van der Waals surface area contributed by atoms with Crippen molar-refractivity contribution in [2.24, 2.45) is 11.8 Å². The summed E-state index contributed by atoms with van der Waals surface area (Å²) >= 11 is 0. The second kappa shape index (κ2) is 14.3. The highest BCUT2D eigenvalue weighted by atomic mass is 15.2. The SMILES string of the molecule is CCCCC(CC)CN(CCCCC(C#N)CNC1CC(C)(C)NC(C)(C)C1)C1CC(C)(C)NC(C)(C)C1. The van der Waals surface area contributed by atoms with E-state index in [9.17, 15) is 5.26 Å². The lowest BCUT2D eigenvalue weighted by molar-refractivity contribution is 0.0531. The molecule has 0 aliphatic carbocycles. The summed E-state index contributed by atoms with van der Waals surface area (Å²) in [6.45, 7) is 26.6. The van der Waals surface area contributed by atoms with Crippen LogP contribution in [0.15, 0.2) is 0 Å². The molecule has 0 saturated carbocycles. The van der Waals surface area contributed by atoms with Gasteiger partial charge in [0.25, 0.3) is 0 Å². The third kappa shape index (κ3) is 11.8. The second-order valence-corrected chi connectivity index (χ2v) is 15.6. The molecular formula is C33H65N5. The van der Waals surface area contributed by atoms with Gasteiger partial charge in [-0.15, -0.1) is 0 Å². The van der Waals surface area contributed by atoms with Crippen LogP contribution in [0.3, 0.4) is 0 Å². The first-order valence-corrected chi connectivity index (χ1v) is 16.0. The second-order valence-electron chi connectivity index (χ2n) is 15.6. The molecule has 2 aliphatic heterocycles. The fourth-order valence-corrected chi connectivity index (χ4v) is 7.89. The Hall–Kier alpha value is -0.670. The zero-order valence-corrected chi connectivity index (χ0v) is 27.1. The van der Waals surface area contributed by atoms with Gasteiger partial charge in [-0.1, -0.05) is 39.5 Å². The first-order chi connectivity index (χ1) is 17.6. The maximum atomic E-state index is 9.90. The number of nitrogens with one attached hydrogen (secondary N) is 3. The zero-order valence-electron chi connectivity index (χ0n) is 27.1. The van der Waals surface area contributed by atoms with Crippen LogP contribution in [-0.2, 0) is 0 Å². The number of unbranched alkanes of at least 4 members (excludes halogenated alkanes) is 2. The summed E-state index contributed by atoms with van der Waals surface area (Å²) in [6, 6.07) is 3.74. The van der Waals surface area contributed by atoms with Gasteiger partial charge in [-0.3, -0.25) is 4.90 Å². The minimum atomic E-state index is 0.106. The Morgan fingerprint density at radius 3 is 1.87 bits per heavy atom. The van der Waals surface area contributed by atoms with E-state index in [1.165, 1.54) is 58.0 Å². The van der Waals surface area contributed by atoms with Crippen LogP contribution in [0.2, 0.25) is 0 Å². The molecule has 2 rings (SSSR count). The van der Waals surface area contributed by atoms with Gasteiger partial charge in [0.05, 0.1) is 12.0 Å². The van der Waals surface area contributed by atoms with E-state index < -0.39 is 0 Å². The smallest absolute Gasteiger partial charge is 0.0669 e. The maximum Gasteiger partial charge on any atom is 0.0669 e. The molecule has 2 unspecified atom stereocenters. The molecule has 3 N–H and O–H groups in total. The number of hydrogen-bond acceptors (Lipinski definition) is 5. The molecular weight excluding hydrogens is 466 g/mol. The summed E-state index contributed by atoms with van der Waals surface area (Å²) < 4.78 is 0. The Bertz CT molecular complexity index is 702. The normalized spacial score (nSPS) is 24.7. The summed E-state index contributed by atoms with van der Waals surface area (Å²) in [6.07, 6.45) is 13.3. The molecule has 2 saturated heterocycles. The molecule has 2 atom stereocenters. The Balaban J connectivity index is 1.92. The summed E-state index contributed by atoms with van der Waals surface area (Å²) in [4.78, 5) is 2.85. The lowest BCUT2D eigenvalue weighted by Crippen LogP contribution is -2.62. The Kier molecular flexibility index (Phi) is 12.6. The molecule has 0 amide bonds. The van der Waals surface area contributed by atoms with Gasteiger partial charge in [0, 0.05) is 47.3 Å². The molecule has 2 aliphatic rings. The van der Waals surface area contributed by atoms with E-state index >= 15 is 0 Å². The molecule has 0 aromatic heterocycles. The first kappa shape index (κ1) is 33.5. The van der Waals surface area contributed by atoms with Crippen LogP contribution in [0.1, 0.15) is 140 Å². The van der Waals surface area contributed by atoms with Crippen molar-refractivity contribution < 1.29 is 0 Å². The molecule has 2 heterocycles. The zero-order chi connectivity index (χ0) is 28.6. The lowest BCUT2D eigenvalue weighted by atomic mass is 9.78. The summed E-state index contributed by atoms with van der Waals surface area (Å²) in [5.74, 6) is 0.903. The van der Waals surface area contributed by atoms with Crippen LogP contribution >= 0.6 is 0 Å². The molecule has 5 nitrogen and oxygen atoms in total. The minimum Gasteiger partial charge on any atom is -0.313 e. The highest BCUT2D eigenvalue weighted by Crippen LogP contribution is 2.33. The van der Waals surface area contributed by atoms with Crippen molar-refractivity contribution in [2.45, 2.75) is 174 Å². The summed E-state index contributed by atoms with van der Waals surface area (Å²) in [7, 11) is 0. The fraction of sp³-hybridized carbons (Fsp3) is 0.970. The van der Waals surface area contributed by atoms with Crippen LogP contribution in [0.5, 0.6) is 0 Å². The van der Waals surface area contributed by atoms with E-state index in [4.69, 9.17) is 0 Å². The molecule has 38 heavy (non-hydrogen) atoms. The van der Waals surface area contributed by atoms with Crippen molar-refractivity contribution in [3.05, 3.63) is 0 Å². The van der Waals surface area contributed by atoms with Gasteiger partial charge in [-0.25, -0.2) is 0 Å². The van der Waals surface area contributed by atoms with Crippen LogP contribution in [0.4, 0.5) is 0 Å². The van der Waals surface area contributed by atoms with E-state index in [1.807, 2.05) is 0 Å². The van der Waals surface area contributed by atoms with Gasteiger partial charge in [0.15, 0.2) is 0 Å². The van der Waals surface area contributed by atoms with Gasteiger partial charge in [0.2, 0.25) is 0 Å². The summed E-state index contributed by atoms with van der Waals surface area (Å²) in [5.41, 5.74) is 0.614. The Labute approximate surface area is 237 Å². The average Bonchev–Trinajstić information content (AvgIpc) is 2.75. The maximum absolute atomic E-state index is 9.90. The van der Waals surface area contributed by atoms with Crippen LogP contribution in [0.25, 0.3) is 0 Å². The summed E-state index contributed by atoms with van der Waals surface area (Å²) in [5, 5.41) is 21.3. The number of nitriles is 1. The van der Waals surface area contributed by atoms with E-state index in [-0.39, 0.29) is 28.1 Å². The van der Waals surface area contributed by atoms with Gasteiger partial charge in [0.1, 0.15) is 0 Å². The van der Waals surface area contributed by atoms with Gasteiger partial charge in [-0.05, 0) is 113 Å². The monoisotopic (exact) mass is 532 g/mol. The molecule has 0 aromatic rings. The van der Waals surface area contributed by atoms with E-state index in [2.05, 4.69) is 96.2 Å². The molecule has 2 fully saturated rings.